The summed E-state index contributed by atoms with van der Waals surface area (Å²) in [4.78, 5) is 46.5. The number of aromatic amines is 2. The standard InChI is InChI=1S/C20H20N4O3/c25-18(22-16-11-12-5-1-3-7-14(12)23-20(16)27)10-9-17-21-15-8-4-2-6-13(15)19(26)24-17/h2,4,6,8,11H,1,3,5,7,9-10H2,(H,22,25)(H,23,27)(H,21,24,26). The minimum Gasteiger partial charge on any atom is -0.324 e. The molecule has 0 atom stereocenters. The molecule has 0 aliphatic heterocycles. The first-order valence-electron chi connectivity index (χ1n) is 9.13. The Bertz CT molecular complexity index is 1130. The van der Waals surface area contributed by atoms with Crippen LogP contribution in [0.3, 0.4) is 0 Å². The number of carbonyl (C=O) groups is 1. The zero-order chi connectivity index (χ0) is 18.8. The maximum absolute atomic E-state index is 12.3. The van der Waals surface area contributed by atoms with Crippen LogP contribution in [-0.4, -0.2) is 20.9 Å². The Balaban J connectivity index is 1.46. The van der Waals surface area contributed by atoms with Gasteiger partial charge in [0.25, 0.3) is 11.1 Å². The number of amides is 1. The van der Waals surface area contributed by atoms with E-state index < -0.39 is 0 Å². The number of hydrogen-bond acceptors (Lipinski definition) is 4. The number of pyridine rings is 1. The summed E-state index contributed by atoms with van der Waals surface area (Å²) in [5, 5.41) is 3.20. The predicted octanol–water partition coefficient (Wildman–Crippen LogP) is 2.06. The molecule has 4 rings (SSSR count). The second-order valence-electron chi connectivity index (χ2n) is 6.80. The van der Waals surface area contributed by atoms with E-state index in [0.29, 0.717) is 16.7 Å². The fraction of sp³-hybridized carbons (Fsp3) is 0.300. The average molecular weight is 364 g/mol. The highest BCUT2D eigenvalue weighted by molar-refractivity contribution is 5.90. The molecule has 0 unspecified atom stereocenters. The number of benzene rings is 1. The van der Waals surface area contributed by atoms with Crippen LogP contribution in [0.4, 0.5) is 5.69 Å². The lowest BCUT2D eigenvalue weighted by atomic mass is 9.96. The Morgan fingerprint density at radius 2 is 1.89 bits per heavy atom. The van der Waals surface area contributed by atoms with Crippen molar-refractivity contribution in [3.63, 3.8) is 0 Å². The lowest BCUT2D eigenvalue weighted by Crippen LogP contribution is -2.23. The number of rotatable bonds is 4. The van der Waals surface area contributed by atoms with Crippen molar-refractivity contribution in [1.29, 1.82) is 0 Å². The van der Waals surface area contributed by atoms with Crippen LogP contribution < -0.4 is 16.4 Å². The zero-order valence-electron chi connectivity index (χ0n) is 14.8. The van der Waals surface area contributed by atoms with Gasteiger partial charge in [-0.15, -0.1) is 0 Å². The number of aromatic nitrogens is 3. The Morgan fingerprint density at radius 3 is 2.78 bits per heavy atom. The van der Waals surface area contributed by atoms with Crippen molar-refractivity contribution in [2.45, 2.75) is 38.5 Å². The largest absolute Gasteiger partial charge is 0.324 e. The molecule has 1 amide bonds. The van der Waals surface area contributed by atoms with Crippen molar-refractivity contribution < 1.29 is 4.79 Å². The molecule has 2 aromatic heterocycles. The van der Waals surface area contributed by atoms with E-state index in [-0.39, 0.29) is 35.6 Å². The Hall–Kier alpha value is -3.22. The third-order valence-electron chi connectivity index (χ3n) is 4.86. The van der Waals surface area contributed by atoms with Gasteiger partial charge in [-0.2, -0.15) is 0 Å². The number of hydrogen-bond donors (Lipinski definition) is 3. The van der Waals surface area contributed by atoms with Gasteiger partial charge in [-0.05, 0) is 49.4 Å². The van der Waals surface area contributed by atoms with Gasteiger partial charge < -0.3 is 15.3 Å². The Labute approximate surface area is 154 Å². The van der Waals surface area contributed by atoms with Crippen LogP contribution in [0.2, 0.25) is 0 Å². The second kappa shape index (κ2) is 7.19. The molecule has 138 valence electrons. The first-order chi connectivity index (χ1) is 13.1. The van der Waals surface area contributed by atoms with Gasteiger partial charge in [0.1, 0.15) is 11.5 Å². The number of nitrogens with zero attached hydrogens (tertiary/aromatic N) is 1. The van der Waals surface area contributed by atoms with E-state index in [1.165, 1.54) is 0 Å². The maximum atomic E-state index is 12.3. The van der Waals surface area contributed by atoms with E-state index in [1.807, 2.05) is 6.07 Å². The van der Waals surface area contributed by atoms with Crippen LogP contribution in [-0.2, 0) is 24.1 Å². The molecule has 0 saturated carbocycles. The number of anilines is 1. The number of carbonyl (C=O) groups excluding carboxylic acids is 1. The third-order valence-corrected chi connectivity index (χ3v) is 4.86. The molecule has 0 saturated heterocycles. The van der Waals surface area contributed by atoms with Gasteiger partial charge in [0.2, 0.25) is 5.91 Å². The SMILES string of the molecule is O=C(CCc1nc2ccccc2c(=O)[nH]1)Nc1cc2c([nH]c1=O)CCCC2. The molecule has 0 radical (unpaired) electrons. The summed E-state index contributed by atoms with van der Waals surface area (Å²) in [5.74, 6) is 0.167. The van der Waals surface area contributed by atoms with Gasteiger partial charge in [-0.1, -0.05) is 12.1 Å². The van der Waals surface area contributed by atoms with E-state index in [2.05, 4.69) is 20.3 Å². The molecule has 1 aliphatic carbocycles. The van der Waals surface area contributed by atoms with Gasteiger partial charge in [-0.25, -0.2) is 4.98 Å². The summed E-state index contributed by atoms with van der Waals surface area (Å²) >= 11 is 0. The van der Waals surface area contributed by atoms with Crippen molar-refractivity contribution in [2.75, 3.05) is 5.32 Å². The van der Waals surface area contributed by atoms with Crippen LogP contribution in [0.1, 0.15) is 36.3 Å². The fourth-order valence-corrected chi connectivity index (χ4v) is 3.47. The van der Waals surface area contributed by atoms with Gasteiger partial charge in [-0.3, -0.25) is 14.4 Å². The number of H-pyrrole nitrogens is 2. The topological polar surface area (TPSA) is 108 Å². The van der Waals surface area contributed by atoms with Crippen LogP contribution in [0.5, 0.6) is 0 Å². The number of para-hydroxylation sites is 1. The first kappa shape index (κ1) is 17.2. The van der Waals surface area contributed by atoms with Gasteiger partial charge in [0.05, 0.1) is 10.9 Å². The van der Waals surface area contributed by atoms with Gasteiger partial charge >= 0.3 is 0 Å². The molecule has 0 spiro atoms. The van der Waals surface area contributed by atoms with Crippen LogP contribution >= 0.6 is 0 Å². The molecule has 0 bridgehead atoms. The zero-order valence-corrected chi connectivity index (χ0v) is 14.8. The summed E-state index contributed by atoms with van der Waals surface area (Å²) in [6.07, 6.45) is 4.36. The van der Waals surface area contributed by atoms with E-state index in [0.717, 1.165) is 36.9 Å². The molecule has 2 heterocycles. The normalized spacial score (nSPS) is 13.3. The summed E-state index contributed by atoms with van der Waals surface area (Å²) in [6.45, 7) is 0. The minimum absolute atomic E-state index is 0.123. The van der Waals surface area contributed by atoms with Crippen molar-refractivity contribution in [1.82, 2.24) is 15.0 Å². The molecule has 7 heteroatoms. The van der Waals surface area contributed by atoms with Crippen molar-refractivity contribution >= 4 is 22.5 Å². The van der Waals surface area contributed by atoms with Crippen molar-refractivity contribution in [3.05, 3.63) is 68.1 Å². The first-order valence-corrected chi connectivity index (χ1v) is 9.13. The summed E-state index contributed by atoms with van der Waals surface area (Å²) in [5.41, 5.74) is 2.45. The molecule has 0 fully saturated rings. The van der Waals surface area contributed by atoms with Crippen molar-refractivity contribution in [2.24, 2.45) is 0 Å². The summed E-state index contributed by atoms with van der Waals surface area (Å²) < 4.78 is 0. The molecule has 3 N–H and O–H groups in total. The van der Waals surface area contributed by atoms with Crippen LogP contribution in [0.25, 0.3) is 10.9 Å². The number of aryl methyl sites for hydroxylation is 3. The van der Waals surface area contributed by atoms with E-state index in [4.69, 9.17) is 0 Å². The van der Waals surface area contributed by atoms with Crippen LogP contribution in [0.15, 0.2) is 39.9 Å². The minimum atomic E-state index is -0.285. The van der Waals surface area contributed by atoms with E-state index >= 15 is 0 Å². The molecule has 3 aromatic rings. The number of nitrogens with one attached hydrogen (secondary N) is 3. The highest BCUT2D eigenvalue weighted by atomic mass is 16.2. The molecule has 7 nitrogen and oxygen atoms in total. The predicted molar refractivity (Wildman–Crippen MR) is 103 cm³/mol. The molecule has 1 aromatic carbocycles. The lowest BCUT2D eigenvalue weighted by molar-refractivity contribution is -0.116. The molecular weight excluding hydrogens is 344 g/mol. The van der Waals surface area contributed by atoms with E-state index in [1.54, 1.807) is 24.3 Å². The van der Waals surface area contributed by atoms with Crippen LogP contribution in [0, 0.1) is 0 Å². The smallest absolute Gasteiger partial charge is 0.271 e. The second-order valence-corrected chi connectivity index (χ2v) is 6.80. The number of fused-ring (bicyclic) bond motifs is 2. The highest BCUT2D eigenvalue weighted by Gasteiger charge is 2.14. The van der Waals surface area contributed by atoms with Gasteiger partial charge in [0, 0.05) is 18.5 Å². The average Bonchev–Trinajstić information content (AvgIpc) is 2.67. The third kappa shape index (κ3) is 3.67. The van der Waals surface area contributed by atoms with Gasteiger partial charge in [0.15, 0.2) is 0 Å². The highest BCUT2D eigenvalue weighted by Crippen LogP contribution is 2.20. The Morgan fingerprint density at radius 1 is 1.07 bits per heavy atom. The maximum Gasteiger partial charge on any atom is 0.271 e. The molecule has 27 heavy (non-hydrogen) atoms. The summed E-state index contributed by atoms with van der Waals surface area (Å²) in [7, 11) is 0. The molecule has 1 aliphatic rings. The summed E-state index contributed by atoms with van der Waals surface area (Å²) in [6, 6.07) is 8.85. The monoisotopic (exact) mass is 364 g/mol. The van der Waals surface area contributed by atoms with Crippen molar-refractivity contribution in [3.8, 4) is 0 Å². The van der Waals surface area contributed by atoms with E-state index in [9.17, 15) is 14.4 Å². The quantitative estimate of drug-likeness (QED) is 0.658. The Kier molecular flexibility index (Phi) is 4.58. The fourth-order valence-electron chi connectivity index (χ4n) is 3.47. The lowest BCUT2D eigenvalue weighted by Gasteiger charge is -2.16. The molecular formula is C20H20N4O3.